The van der Waals surface area contributed by atoms with Gasteiger partial charge in [-0.25, -0.2) is 13.4 Å². The first-order chi connectivity index (χ1) is 13.5. The molecule has 9 heteroatoms. The van der Waals surface area contributed by atoms with E-state index in [-0.39, 0.29) is 11.8 Å². The summed E-state index contributed by atoms with van der Waals surface area (Å²) < 4.78 is 33.1. The van der Waals surface area contributed by atoms with Crippen molar-refractivity contribution in [3.8, 4) is 0 Å². The SMILES string of the molecule is Cc1oc(C2CCN(S(=O)(=O)c3cccs3)CC2)nc1C(=O)N1CCCCC1. The third kappa shape index (κ3) is 3.75. The zero-order valence-electron chi connectivity index (χ0n) is 16.0. The molecule has 2 saturated heterocycles. The molecule has 0 radical (unpaired) electrons. The number of nitrogens with zero attached hydrogens (tertiary/aromatic N) is 3. The Morgan fingerprint density at radius 2 is 1.89 bits per heavy atom. The lowest BCUT2D eigenvalue weighted by atomic mass is 9.98. The van der Waals surface area contributed by atoms with Crippen LogP contribution >= 0.6 is 11.3 Å². The van der Waals surface area contributed by atoms with Crippen LogP contribution in [0.1, 0.15) is 60.2 Å². The fraction of sp³-hybridized carbons (Fsp3) is 0.579. The maximum atomic E-state index is 12.7. The molecule has 0 aliphatic carbocycles. The van der Waals surface area contributed by atoms with Crippen molar-refractivity contribution < 1.29 is 17.6 Å². The van der Waals surface area contributed by atoms with E-state index in [0.717, 1.165) is 25.9 Å². The standard InChI is InChI=1S/C19H25N3O4S2/c1-14-17(19(23)21-9-3-2-4-10-21)20-18(26-14)15-7-11-22(12-8-15)28(24,25)16-6-5-13-27-16/h5-6,13,15H,2-4,7-12H2,1H3. The van der Waals surface area contributed by atoms with Gasteiger partial charge in [0, 0.05) is 32.1 Å². The summed E-state index contributed by atoms with van der Waals surface area (Å²) in [5, 5.41) is 1.77. The molecule has 4 heterocycles. The Kier molecular flexibility index (Phi) is 5.57. The number of carbonyl (C=O) groups excluding carboxylic acids is 1. The first kappa shape index (κ1) is 19.6. The molecule has 152 valence electrons. The van der Waals surface area contributed by atoms with E-state index in [1.165, 1.54) is 22.1 Å². The summed E-state index contributed by atoms with van der Waals surface area (Å²) in [7, 11) is -3.42. The second kappa shape index (κ2) is 7.96. The number of piperidine rings is 2. The molecule has 0 bridgehead atoms. The lowest BCUT2D eigenvalue weighted by molar-refractivity contribution is 0.0717. The molecule has 1 amide bonds. The topological polar surface area (TPSA) is 83.7 Å². The largest absolute Gasteiger partial charge is 0.445 e. The van der Waals surface area contributed by atoms with Crippen LogP contribution in [0.4, 0.5) is 0 Å². The second-order valence-electron chi connectivity index (χ2n) is 7.42. The summed E-state index contributed by atoms with van der Waals surface area (Å²) in [5.41, 5.74) is 0.408. The van der Waals surface area contributed by atoms with Crippen LogP contribution in [-0.4, -0.2) is 54.7 Å². The molecule has 2 aromatic heterocycles. The number of oxazole rings is 1. The molecule has 0 N–H and O–H groups in total. The van der Waals surface area contributed by atoms with Gasteiger partial charge >= 0.3 is 0 Å². The van der Waals surface area contributed by atoms with Gasteiger partial charge in [-0.2, -0.15) is 4.31 Å². The third-order valence-corrected chi connectivity index (χ3v) is 8.82. The van der Waals surface area contributed by atoms with Crippen molar-refractivity contribution in [3.63, 3.8) is 0 Å². The van der Waals surface area contributed by atoms with E-state index < -0.39 is 10.0 Å². The summed E-state index contributed by atoms with van der Waals surface area (Å²) in [5.74, 6) is 1.10. The van der Waals surface area contributed by atoms with Gasteiger partial charge in [0.25, 0.3) is 15.9 Å². The van der Waals surface area contributed by atoms with Crippen LogP contribution < -0.4 is 0 Å². The first-order valence-corrected chi connectivity index (χ1v) is 12.1. The van der Waals surface area contributed by atoms with Crippen molar-refractivity contribution in [3.05, 3.63) is 34.9 Å². The third-order valence-electron chi connectivity index (χ3n) is 5.55. The molecule has 28 heavy (non-hydrogen) atoms. The van der Waals surface area contributed by atoms with Crippen molar-refractivity contribution >= 4 is 27.3 Å². The van der Waals surface area contributed by atoms with Gasteiger partial charge in [0.2, 0.25) is 0 Å². The van der Waals surface area contributed by atoms with Crippen LogP contribution in [-0.2, 0) is 10.0 Å². The van der Waals surface area contributed by atoms with Crippen LogP contribution in [0.3, 0.4) is 0 Å². The minimum Gasteiger partial charge on any atom is -0.445 e. The molecule has 4 rings (SSSR count). The number of rotatable bonds is 4. The van der Waals surface area contributed by atoms with Crippen LogP contribution in [0.2, 0.25) is 0 Å². The van der Waals surface area contributed by atoms with Gasteiger partial charge in [-0.1, -0.05) is 6.07 Å². The van der Waals surface area contributed by atoms with E-state index in [4.69, 9.17) is 4.42 Å². The van der Waals surface area contributed by atoms with Gasteiger partial charge in [0.1, 0.15) is 9.97 Å². The van der Waals surface area contributed by atoms with E-state index in [2.05, 4.69) is 4.98 Å². The molecule has 0 aromatic carbocycles. The van der Waals surface area contributed by atoms with Crippen LogP contribution in [0.15, 0.2) is 26.1 Å². The predicted octanol–water partition coefficient (Wildman–Crippen LogP) is 3.24. The van der Waals surface area contributed by atoms with Crippen molar-refractivity contribution in [2.24, 2.45) is 0 Å². The smallest absolute Gasteiger partial charge is 0.276 e. The van der Waals surface area contributed by atoms with E-state index in [0.29, 0.717) is 47.5 Å². The van der Waals surface area contributed by atoms with Gasteiger partial charge in [-0.3, -0.25) is 4.79 Å². The highest BCUT2D eigenvalue weighted by atomic mass is 32.2. The Morgan fingerprint density at radius 1 is 1.18 bits per heavy atom. The summed E-state index contributed by atoms with van der Waals surface area (Å²) >= 11 is 1.24. The summed E-state index contributed by atoms with van der Waals surface area (Å²) in [4.78, 5) is 19.1. The fourth-order valence-electron chi connectivity index (χ4n) is 3.92. The van der Waals surface area contributed by atoms with Gasteiger partial charge in [-0.05, 0) is 50.5 Å². The Bertz CT molecular complexity index is 923. The molecular formula is C19H25N3O4S2. The molecule has 0 atom stereocenters. The Labute approximate surface area is 169 Å². The number of hydrogen-bond acceptors (Lipinski definition) is 6. The molecule has 2 aliphatic heterocycles. The van der Waals surface area contributed by atoms with E-state index in [1.807, 2.05) is 4.90 Å². The van der Waals surface area contributed by atoms with E-state index >= 15 is 0 Å². The monoisotopic (exact) mass is 423 g/mol. The van der Waals surface area contributed by atoms with Gasteiger partial charge < -0.3 is 9.32 Å². The number of aryl methyl sites for hydroxylation is 1. The summed E-state index contributed by atoms with van der Waals surface area (Å²) in [6, 6.07) is 3.39. The van der Waals surface area contributed by atoms with Crippen molar-refractivity contribution in [1.82, 2.24) is 14.2 Å². The second-order valence-corrected chi connectivity index (χ2v) is 10.5. The highest BCUT2D eigenvalue weighted by molar-refractivity contribution is 7.91. The fourth-order valence-corrected chi connectivity index (χ4v) is 6.53. The zero-order chi connectivity index (χ0) is 19.7. The van der Waals surface area contributed by atoms with Gasteiger partial charge in [-0.15, -0.1) is 11.3 Å². The van der Waals surface area contributed by atoms with E-state index in [9.17, 15) is 13.2 Å². The number of sulfonamides is 1. The van der Waals surface area contributed by atoms with Crippen LogP contribution in [0, 0.1) is 6.92 Å². The summed E-state index contributed by atoms with van der Waals surface area (Å²) in [6.45, 7) is 4.20. The molecule has 7 nitrogen and oxygen atoms in total. The zero-order valence-corrected chi connectivity index (χ0v) is 17.6. The molecule has 2 fully saturated rings. The number of likely N-dealkylation sites (tertiary alicyclic amines) is 1. The van der Waals surface area contributed by atoms with Gasteiger partial charge in [0.05, 0.1) is 0 Å². The molecule has 0 saturated carbocycles. The minimum absolute atomic E-state index is 0.0383. The lowest BCUT2D eigenvalue weighted by Gasteiger charge is -2.29. The number of carbonyl (C=O) groups is 1. The highest BCUT2D eigenvalue weighted by Crippen LogP contribution is 2.32. The Morgan fingerprint density at radius 3 is 2.54 bits per heavy atom. The molecule has 2 aliphatic rings. The van der Waals surface area contributed by atoms with Gasteiger partial charge in [0.15, 0.2) is 11.6 Å². The first-order valence-electron chi connectivity index (χ1n) is 9.77. The number of hydrogen-bond donors (Lipinski definition) is 0. The Balaban J connectivity index is 1.43. The maximum absolute atomic E-state index is 12.7. The van der Waals surface area contributed by atoms with Crippen LogP contribution in [0.25, 0.3) is 0 Å². The van der Waals surface area contributed by atoms with Crippen LogP contribution in [0.5, 0.6) is 0 Å². The highest BCUT2D eigenvalue weighted by Gasteiger charge is 2.33. The number of aromatic nitrogens is 1. The van der Waals surface area contributed by atoms with Crippen molar-refractivity contribution in [2.45, 2.75) is 49.2 Å². The molecule has 0 unspecified atom stereocenters. The number of thiophene rings is 1. The number of amides is 1. The summed E-state index contributed by atoms with van der Waals surface area (Å²) in [6.07, 6.45) is 4.52. The predicted molar refractivity (Wildman–Crippen MR) is 106 cm³/mol. The minimum atomic E-state index is -3.42. The van der Waals surface area contributed by atoms with Crippen molar-refractivity contribution in [2.75, 3.05) is 26.2 Å². The Hall–Kier alpha value is -1.71. The van der Waals surface area contributed by atoms with Crippen molar-refractivity contribution in [1.29, 1.82) is 0 Å². The molecule has 0 spiro atoms. The lowest BCUT2D eigenvalue weighted by Crippen LogP contribution is -2.37. The average Bonchev–Trinajstić information content (AvgIpc) is 3.39. The van der Waals surface area contributed by atoms with E-state index in [1.54, 1.807) is 24.4 Å². The molecular weight excluding hydrogens is 398 g/mol. The normalized spacial score (nSPS) is 19.8. The quantitative estimate of drug-likeness (QED) is 0.754. The average molecular weight is 424 g/mol. The molecule has 2 aromatic rings. The maximum Gasteiger partial charge on any atom is 0.276 e.